The molecule has 0 radical (unpaired) electrons. The van der Waals surface area contributed by atoms with Gasteiger partial charge in [-0.1, -0.05) is 0 Å². The average Bonchev–Trinajstić information content (AvgIpc) is 2.24. The highest BCUT2D eigenvalue weighted by molar-refractivity contribution is 5.69. The summed E-state index contributed by atoms with van der Waals surface area (Å²) < 4.78 is 5.56. The summed E-state index contributed by atoms with van der Waals surface area (Å²) in [6, 6.07) is 0.442. The van der Waals surface area contributed by atoms with Gasteiger partial charge < -0.3 is 14.7 Å². The number of piperazine rings is 1. The van der Waals surface area contributed by atoms with Crippen molar-refractivity contribution in [2.24, 2.45) is 5.92 Å². The van der Waals surface area contributed by atoms with Crippen LogP contribution < -0.4 is 0 Å². The summed E-state index contributed by atoms with van der Waals surface area (Å²) in [5.41, 5.74) is -0.445. The number of likely N-dealkylation sites (N-methyl/N-ethyl adjacent to an activating group) is 1. The second-order valence-corrected chi connectivity index (χ2v) is 7.27. The molecular weight excluding hydrogens is 256 g/mol. The van der Waals surface area contributed by atoms with Crippen LogP contribution in [0.3, 0.4) is 0 Å². The SMILES string of the molecule is CN1CC2CC(CCO)CC(C1)N2C(=O)OC(C)(C)C. The molecule has 2 heterocycles. The molecule has 2 fully saturated rings. The van der Waals surface area contributed by atoms with Crippen LogP contribution in [0, 0.1) is 5.92 Å². The number of amides is 1. The maximum atomic E-state index is 12.4. The molecule has 0 saturated carbocycles. The lowest BCUT2D eigenvalue weighted by Gasteiger charge is -2.51. The molecule has 2 aliphatic heterocycles. The molecule has 2 saturated heterocycles. The van der Waals surface area contributed by atoms with E-state index >= 15 is 0 Å². The van der Waals surface area contributed by atoms with Crippen LogP contribution in [0.1, 0.15) is 40.0 Å². The number of hydrogen-bond donors (Lipinski definition) is 1. The van der Waals surface area contributed by atoms with Crippen molar-refractivity contribution in [2.75, 3.05) is 26.7 Å². The van der Waals surface area contributed by atoms with Crippen molar-refractivity contribution in [2.45, 2.75) is 57.7 Å². The maximum Gasteiger partial charge on any atom is 0.410 e. The molecule has 0 aromatic rings. The van der Waals surface area contributed by atoms with E-state index in [-0.39, 0.29) is 24.8 Å². The molecule has 116 valence electrons. The van der Waals surface area contributed by atoms with Gasteiger partial charge in [0, 0.05) is 31.8 Å². The standard InChI is InChI=1S/C15H28N2O3/c1-15(2,3)20-14(19)17-12-7-11(5-6-18)8-13(17)10-16(4)9-12/h11-13,18H,5-10H2,1-4H3. The Bertz CT molecular complexity index is 338. The summed E-state index contributed by atoms with van der Waals surface area (Å²) in [6.45, 7) is 7.77. The molecular formula is C15H28N2O3. The smallest absolute Gasteiger partial charge is 0.410 e. The Morgan fingerprint density at radius 3 is 2.25 bits per heavy atom. The number of aliphatic hydroxyl groups is 1. The van der Waals surface area contributed by atoms with E-state index in [2.05, 4.69) is 11.9 Å². The van der Waals surface area contributed by atoms with Crippen molar-refractivity contribution in [3.63, 3.8) is 0 Å². The van der Waals surface area contributed by atoms with E-state index in [1.54, 1.807) is 0 Å². The van der Waals surface area contributed by atoms with Crippen molar-refractivity contribution in [3.05, 3.63) is 0 Å². The fraction of sp³-hybridized carbons (Fsp3) is 0.933. The van der Waals surface area contributed by atoms with Gasteiger partial charge in [0.25, 0.3) is 0 Å². The molecule has 5 nitrogen and oxygen atoms in total. The molecule has 2 unspecified atom stereocenters. The molecule has 1 amide bonds. The van der Waals surface area contributed by atoms with E-state index in [9.17, 15) is 4.79 Å². The van der Waals surface area contributed by atoms with Gasteiger partial charge in [-0.05, 0) is 53.0 Å². The molecule has 0 aromatic heterocycles. The van der Waals surface area contributed by atoms with Crippen LogP contribution in [0.15, 0.2) is 0 Å². The minimum atomic E-state index is -0.445. The lowest BCUT2D eigenvalue weighted by atomic mass is 9.82. The monoisotopic (exact) mass is 284 g/mol. The number of hydrogen-bond acceptors (Lipinski definition) is 4. The van der Waals surface area contributed by atoms with E-state index in [0.717, 1.165) is 32.4 Å². The number of aliphatic hydroxyl groups excluding tert-OH is 1. The third-order valence-corrected chi connectivity index (χ3v) is 4.18. The van der Waals surface area contributed by atoms with Crippen LogP contribution in [0.5, 0.6) is 0 Å². The van der Waals surface area contributed by atoms with Gasteiger partial charge in [-0.3, -0.25) is 4.90 Å². The highest BCUT2D eigenvalue weighted by atomic mass is 16.6. The number of fused-ring (bicyclic) bond motifs is 2. The predicted molar refractivity (Wildman–Crippen MR) is 77.6 cm³/mol. The number of likely N-dealkylation sites (tertiary alicyclic amines) is 1. The Kier molecular flexibility index (Phi) is 4.59. The van der Waals surface area contributed by atoms with Gasteiger partial charge in [0.15, 0.2) is 0 Å². The first-order valence-corrected chi connectivity index (χ1v) is 7.61. The summed E-state index contributed by atoms with van der Waals surface area (Å²) in [4.78, 5) is 16.7. The maximum absolute atomic E-state index is 12.4. The Morgan fingerprint density at radius 2 is 1.80 bits per heavy atom. The molecule has 2 aliphatic rings. The van der Waals surface area contributed by atoms with Gasteiger partial charge >= 0.3 is 6.09 Å². The molecule has 20 heavy (non-hydrogen) atoms. The second kappa shape index (κ2) is 5.90. The molecule has 1 N–H and O–H groups in total. The number of ether oxygens (including phenoxy) is 1. The van der Waals surface area contributed by atoms with Crippen LogP contribution in [0.4, 0.5) is 4.79 Å². The quantitative estimate of drug-likeness (QED) is 0.838. The fourth-order valence-corrected chi connectivity index (χ4v) is 3.54. The molecule has 5 heteroatoms. The van der Waals surface area contributed by atoms with Crippen LogP contribution in [0.25, 0.3) is 0 Å². The normalized spacial score (nSPS) is 31.2. The number of rotatable bonds is 2. The zero-order valence-electron chi connectivity index (χ0n) is 13.1. The third kappa shape index (κ3) is 3.64. The van der Waals surface area contributed by atoms with Crippen LogP contribution in [-0.2, 0) is 4.74 Å². The zero-order chi connectivity index (χ0) is 14.9. The number of carbonyl (C=O) groups excluding carboxylic acids is 1. The molecule has 2 rings (SSSR count). The van der Waals surface area contributed by atoms with E-state index in [0.29, 0.717) is 5.92 Å². The van der Waals surface area contributed by atoms with Crippen LogP contribution in [-0.4, -0.2) is 65.4 Å². The van der Waals surface area contributed by atoms with Gasteiger partial charge in [0.2, 0.25) is 0 Å². The summed E-state index contributed by atoms with van der Waals surface area (Å²) in [7, 11) is 2.11. The molecule has 2 bridgehead atoms. The molecule has 0 aromatic carbocycles. The molecule has 2 atom stereocenters. The zero-order valence-corrected chi connectivity index (χ0v) is 13.1. The minimum Gasteiger partial charge on any atom is -0.444 e. The summed E-state index contributed by atoms with van der Waals surface area (Å²) in [6.07, 6.45) is 2.61. The number of carbonyl (C=O) groups is 1. The summed E-state index contributed by atoms with van der Waals surface area (Å²) >= 11 is 0. The van der Waals surface area contributed by atoms with Crippen molar-refractivity contribution >= 4 is 6.09 Å². The average molecular weight is 284 g/mol. The number of piperidine rings is 1. The number of nitrogens with zero attached hydrogens (tertiary/aromatic N) is 2. The van der Waals surface area contributed by atoms with E-state index in [4.69, 9.17) is 9.84 Å². The first-order valence-electron chi connectivity index (χ1n) is 7.61. The lowest BCUT2D eigenvalue weighted by molar-refractivity contribution is -0.0458. The minimum absolute atomic E-state index is 0.178. The van der Waals surface area contributed by atoms with Gasteiger partial charge in [-0.25, -0.2) is 4.79 Å². The van der Waals surface area contributed by atoms with Crippen molar-refractivity contribution in [1.29, 1.82) is 0 Å². The van der Waals surface area contributed by atoms with E-state index < -0.39 is 5.60 Å². The van der Waals surface area contributed by atoms with Gasteiger partial charge in [0.1, 0.15) is 5.60 Å². The van der Waals surface area contributed by atoms with Gasteiger partial charge in [-0.2, -0.15) is 0 Å². The van der Waals surface area contributed by atoms with Crippen molar-refractivity contribution in [3.8, 4) is 0 Å². The van der Waals surface area contributed by atoms with Crippen molar-refractivity contribution < 1.29 is 14.6 Å². The Labute approximate surface area is 121 Å². The predicted octanol–water partition coefficient (Wildman–Crippen LogP) is 1.70. The largest absolute Gasteiger partial charge is 0.444 e. The van der Waals surface area contributed by atoms with E-state index in [1.807, 2.05) is 25.7 Å². The second-order valence-electron chi connectivity index (χ2n) is 7.27. The van der Waals surface area contributed by atoms with Gasteiger partial charge in [-0.15, -0.1) is 0 Å². The third-order valence-electron chi connectivity index (χ3n) is 4.18. The van der Waals surface area contributed by atoms with E-state index in [1.165, 1.54) is 0 Å². The summed E-state index contributed by atoms with van der Waals surface area (Å²) in [5, 5.41) is 9.15. The van der Waals surface area contributed by atoms with Gasteiger partial charge in [0.05, 0.1) is 0 Å². The van der Waals surface area contributed by atoms with Crippen LogP contribution in [0.2, 0.25) is 0 Å². The highest BCUT2D eigenvalue weighted by Gasteiger charge is 2.43. The Hall–Kier alpha value is -0.810. The topological polar surface area (TPSA) is 53.0 Å². The molecule has 0 aliphatic carbocycles. The van der Waals surface area contributed by atoms with Crippen LogP contribution >= 0.6 is 0 Å². The van der Waals surface area contributed by atoms with Crippen molar-refractivity contribution in [1.82, 2.24) is 9.80 Å². The lowest BCUT2D eigenvalue weighted by Crippen LogP contribution is -2.63. The Balaban J connectivity index is 2.08. The Morgan fingerprint density at radius 1 is 1.25 bits per heavy atom. The molecule has 0 spiro atoms. The first-order chi connectivity index (χ1) is 9.30. The fourth-order valence-electron chi connectivity index (χ4n) is 3.54. The summed E-state index contributed by atoms with van der Waals surface area (Å²) in [5.74, 6) is 0.530. The highest BCUT2D eigenvalue weighted by Crippen LogP contribution is 2.34. The first kappa shape index (κ1) is 15.6.